The van der Waals surface area contributed by atoms with Gasteiger partial charge in [-0.1, -0.05) is 18.5 Å². The molecule has 1 heterocycles. The summed E-state index contributed by atoms with van der Waals surface area (Å²) in [4.78, 5) is 16.0. The topological polar surface area (TPSA) is 71.5 Å². The number of aliphatic hydroxyl groups excluding tert-OH is 1. The Morgan fingerprint density at radius 3 is 3.05 bits per heavy atom. The highest BCUT2D eigenvalue weighted by Gasteiger charge is 2.10. The smallest absolute Gasteiger partial charge is 0.257 e. The first-order chi connectivity index (χ1) is 10.6. The third-order valence-electron chi connectivity index (χ3n) is 3.31. The maximum atomic E-state index is 11.8. The molecule has 6 heteroatoms. The standard InChI is InChI=1S/C16H19ClN2O3/c1-11(6-8-20)9-19-15(21)10-22-14-5-4-13(17)12-3-2-7-18-16(12)14/h2-5,7,11,20H,6,8-10H2,1H3,(H,19,21). The fourth-order valence-electron chi connectivity index (χ4n) is 2.03. The molecule has 22 heavy (non-hydrogen) atoms. The van der Waals surface area contributed by atoms with Gasteiger partial charge >= 0.3 is 0 Å². The number of rotatable bonds is 7. The van der Waals surface area contributed by atoms with Crippen molar-refractivity contribution in [2.75, 3.05) is 19.8 Å². The summed E-state index contributed by atoms with van der Waals surface area (Å²) in [5, 5.41) is 13.0. The summed E-state index contributed by atoms with van der Waals surface area (Å²) in [7, 11) is 0. The average molecular weight is 323 g/mol. The number of hydrogen-bond acceptors (Lipinski definition) is 4. The summed E-state index contributed by atoms with van der Waals surface area (Å²) < 4.78 is 5.55. The Balaban J connectivity index is 1.95. The first kappa shape index (κ1) is 16.5. The fraction of sp³-hybridized carbons (Fsp3) is 0.375. The van der Waals surface area contributed by atoms with Crippen LogP contribution < -0.4 is 10.1 Å². The van der Waals surface area contributed by atoms with Crippen LogP contribution in [0.2, 0.25) is 5.02 Å². The van der Waals surface area contributed by atoms with E-state index >= 15 is 0 Å². The minimum atomic E-state index is -0.205. The molecular weight excluding hydrogens is 304 g/mol. The summed E-state index contributed by atoms with van der Waals surface area (Å²) in [6.45, 7) is 2.52. The van der Waals surface area contributed by atoms with E-state index < -0.39 is 0 Å². The highest BCUT2D eigenvalue weighted by atomic mass is 35.5. The minimum absolute atomic E-state index is 0.0842. The van der Waals surface area contributed by atoms with E-state index in [1.54, 1.807) is 24.4 Å². The zero-order valence-corrected chi connectivity index (χ0v) is 13.1. The van der Waals surface area contributed by atoms with Gasteiger partial charge in [-0.05, 0) is 36.6 Å². The van der Waals surface area contributed by atoms with Crippen molar-refractivity contribution in [3.05, 3.63) is 35.5 Å². The molecule has 0 aliphatic carbocycles. The van der Waals surface area contributed by atoms with Crippen LogP contribution >= 0.6 is 11.6 Å². The quantitative estimate of drug-likeness (QED) is 0.821. The predicted molar refractivity (Wildman–Crippen MR) is 86.1 cm³/mol. The first-order valence-electron chi connectivity index (χ1n) is 7.15. The number of carbonyl (C=O) groups excluding carboxylic acids is 1. The summed E-state index contributed by atoms with van der Waals surface area (Å²) in [6, 6.07) is 7.09. The normalized spacial score (nSPS) is 12.1. The molecule has 1 amide bonds. The first-order valence-corrected chi connectivity index (χ1v) is 7.53. The molecule has 2 N–H and O–H groups in total. The molecule has 2 aromatic rings. The van der Waals surface area contributed by atoms with Gasteiger partial charge in [-0.25, -0.2) is 0 Å². The van der Waals surface area contributed by atoms with E-state index in [1.165, 1.54) is 0 Å². The number of pyridine rings is 1. The second-order valence-corrected chi connectivity index (χ2v) is 5.56. The summed E-state index contributed by atoms with van der Waals surface area (Å²) in [5.41, 5.74) is 0.636. The second-order valence-electron chi connectivity index (χ2n) is 5.16. The number of nitrogens with zero attached hydrogens (tertiary/aromatic N) is 1. The maximum absolute atomic E-state index is 11.8. The lowest BCUT2D eigenvalue weighted by molar-refractivity contribution is -0.123. The molecule has 0 radical (unpaired) electrons. The summed E-state index contributed by atoms with van der Waals surface area (Å²) >= 11 is 6.11. The third-order valence-corrected chi connectivity index (χ3v) is 3.64. The average Bonchev–Trinajstić information content (AvgIpc) is 2.53. The lowest BCUT2D eigenvalue weighted by atomic mass is 10.1. The van der Waals surface area contributed by atoms with Gasteiger partial charge in [0.05, 0.1) is 5.02 Å². The van der Waals surface area contributed by atoms with E-state index in [0.29, 0.717) is 29.3 Å². The summed E-state index contributed by atoms with van der Waals surface area (Å²) in [6.07, 6.45) is 2.31. The van der Waals surface area contributed by atoms with E-state index in [0.717, 1.165) is 5.39 Å². The van der Waals surface area contributed by atoms with Gasteiger partial charge in [0.1, 0.15) is 11.3 Å². The van der Waals surface area contributed by atoms with Crippen LogP contribution in [0.15, 0.2) is 30.5 Å². The van der Waals surface area contributed by atoms with Crippen LogP contribution in [-0.4, -0.2) is 35.8 Å². The van der Waals surface area contributed by atoms with Crippen molar-refractivity contribution in [2.45, 2.75) is 13.3 Å². The molecule has 0 saturated carbocycles. The molecule has 0 saturated heterocycles. The number of aromatic nitrogens is 1. The summed E-state index contributed by atoms with van der Waals surface area (Å²) in [5.74, 6) is 0.550. The molecule has 0 aliphatic heterocycles. The van der Waals surface area contributed by atoms with Crippen LogP contribution in [0.5, 0.6) is 5.75 Å². The Hall–Kier alpha value is -1.85. The zero-order chi connectivity index (χ0) is 15.9. The van der Waals surface area contributed by atoms with Crippen LogP contribution in [0.4, 0.5) is 0 Å². The Morgan fingerprint density at radius 2 is 2.27 bits per heavy atom. The van der Waals surface area contributed by atoms with Crippen LogP contribution in [0.3, 0.4) is 0 Å². The molecule has 1 unspecified atom stereocenters. The third kappa shape index (κ3) is 4.32. The molecule has 0 fully saturated rings. The molecule has 1 aromatic heterocycles. The van der Waals surface area contributed by atoms with E-state index in [1.807, 2.05) is 13.0 Å². The van der Waals surface area contributed by atoms with Gasteiger partial charge in [-0.2, -0.15) is 0 Å². The van der Waals surface area contributed by atoms with Crippen LogP contribution in [-0.2, 0) is 4.79 Å². The number of fused-ring (bicyclic) bond motifs is 1. The highest BCUT2D eigenvalue weighted by molar-refractivity contribution is 6.35. The monoisotopic (exact) mass is 322 g/mol. The number of carbonyl (C=O) groups is 1. The van der Waals surface area contributed by atoms with Crippen molar-refractivity contribution in [3.8, 4) is 5.75 Å². The largest absolute Gasteiger partial charge is 0.481 e. The fourth-order valence-corrected chi connectivity index (χ4v) is 2.25. The van der Waals surface area contributed by atoms with Gasteiger partial charge in [0.25, 0.3) is 5.91 Å². The number of nitrogens with one attached hydrogen (secondary N) is 1. The number of benzene rings is 1. The van der Waals surface area contributed by atoms with E-state index in [4.69, 9.17) is 21.4 Å². The number of ether oxygens (including phenoxy) is 1. The Bertz CT molecular complexity index is 648. The molecule has 0 spiro atoms. The Morgan fingerprint density at radius 1 is 1.45 bits per heavy atom. The van der Waals surface area contributed by atoms with Crippen molar-refractivity contribution >= 4 is 28.4 Å². The van der Waals surface area contributed by atoms with E-state index in [2.05, 4.69) is 10.3 Å². The SMILES string of the molecule is CC(CCO)CNC(=O)COc1ccc(Cl)c2cccnc12. The molecule has 5 nitrogen and oxygen atoms in total. The highest BCUT2D eigenvalue weighted by Crippen LogP contribution is 2.29. The number of hydrogen-bond donors (Lipinski definition) is 2. The second kappa shape index (κ2) is 7.96. The molecule has 0 aliphatic rings. The van der Waals surface area contributed by atoms with Crippen molar-refractivity contribution < 1.29 is 14.6 Å². The van der Waals surface area contributed by atoms with Crippen LogP contribution in [0.1, 0.15) is 13.3 Å². The molecule has 2 rings (SSSR count). The van der Waals surface area contributed by atoms with Gasteiger partial charge in [-0.3, -0.25) is 9.78 Å². The molecule has 118 valence electrons. The lowest BCUT2D eigenvalue weighted by Gasteiger charge is -2.12. The number of amides is 1. The van der Waals surface area contributed by atoms with Crippen molar-refractivity contribution in [1.29, 1.82) is 0 Å². The Labute approximate surface area is 134 Å². The molecule has 0 bridgehead atoms. The van der Waals surface area contributed by atoms with Gasteiger partial charge in [0.2, 0.25) is 0 Å². The molecule has 1 aromatic carbocycles. The van der Waals surface area contributed by atoms with Gasteiger partial charge < -0.3 is 15.2 Å². The molecular formula is C16H19ClN2O3. The predicted octanol–water partition coefficient (Wildman–Crippen LogP) is 2.40. The van der Waals surface area contributed by atoms with Gasteiger partial charge in [0.15, 0.2) is 6.61 Å². The van der Waals surface area contributed by atoms with Crippen LogP contribution in [0.25, 0.3) is 10.9 Å². The van der Waals surface area contributed by atoms with Crippen molar-refractivity contribution in [1.82, 2.24) is 10.3 Å². The van der Waals surface area contributed by atoms with E-state index in [-0.39, 0.29) is 25.0 Å². The lowest BCUT2D eigenvalue weighted by Crippen LogP contribution is -2.32. The minimum Gasteiger partial charge on any atom is -0.481 e. The Kier molecular flexibility index (Phi) is 5.98. The van der Waals surface area contributed by atoms with Crippen molar-refractivity contribution in [3.63, 3.8) is 0 Å². The van der Waals surface area contributed by atoms with Crippen LogP contribution in [0, 0.1) is 5.92 Å². The zero-order valence-electron chi connectivity index (χ0n) is 12.4. The number of halogens is 1. The van der Waals surface area contributed by atoms with E-state index in [9.17, 15) is 4.79 Å². The molecule has 1 atom stereocenters. The number of aliphatic hydroxyl groups is 1. The van der Waals surface area contributed by atoms with Gasteiger partial charge in [0, 0.05) is 24.7 Å². The van der Waals surface area contributed by atoms with Gasteiger partial charge in [-0.15, -0.1) is 0 Å². The van der Waals surface area contributed by atoms with Crippen molar-refractivity contribution in [2.24, 2.45) is 5.92 Å². The maximum Gasteiger partial charge on any atom is 0.257 e.